The second-order valence-corrected chi connectivity index (χ2v) is 9.71. The summed E-state index contributed by atoms with van der Waals surface area (Å²) >= 11 is 6.19. The fourth-order valence-corrected chi connectivity index (χ4v) is 4.43. The van der Waals surface area contributed by atoms with Gasteiger partial charge in [-0.15, -0.1) is 0 Å². The third-order valence-corrected chi connectivity index (χ3v) is 5.94. The molecular weight excluding hydrogens is 474 g/mol. The molecule has 1 amide bonds. The highest BCUT2D eigenvalue weighted by molar-refractivity contribution is 7.89. The molecule has 1 aliphatic carbocycles. The van der Waals surface area contributed by atoms with Crippen LogP contribution in [0.1, 0.15) is 28.0 Å². The molecule has 0 aliphatic heterocycles. The minimum atomic E-state index is -3.97. The Hall–Kier alpha value is -3.30. The molecule has 3 aromatic rings. The number of sulfonamides is 1. The van der Waals surface area contributed by atoms with E-state index in [0.29, 0.717) is 15.9 Å². The van der Waals surface area contributed by atoms with Crippen molar-refractivity contribution in [2.24, 2.45) is 0 Å². The molecule has 0 spiro atoms. The average molecular weight is 491 g/mol. The number of ketones is 1. The van der Waals surface area contributed by atoms with Crippen LogP contribution in [0.25, 0.3) is 16.5 Å². The number of fused-ring (bicyclic) bond motifs is 1. The molecule has 0 fully saturated rings. The molecule has 0 radical (unpaired) electrons. The van der Waals surface area contributed by atoms with E-state index in [-0.39, 0.29) is 41.1 Å². The van der Waals surface area contributed by atoms with E-state index >= 15 is 0 Å². The maximum absolute atomic E-state index is 14.5. The standard InChI is InChI=1S/C23H17ClF2N2O4S/c1-33(31,32)27-23(30)22-20(15-6-2-3-8-19(15)29)16-11-14(24)9-10-18(16)28(22)12-13-5-4-7-17(25)21(13)26/h2-7,9-11H,8,12H2,1H3,(H,27,30). The quantitative estimate of drug-likeness (QED) is 0.580. The molecule has 10 heteroatoms. The first kappa shape index (κ1) is 22.9. The van der Waals surface area contributed by atoms with Gasteiger partial charge in [-0.2, -0.15) is 0 Å². The third-order valence-electron chi connectivity index (χ3n) is 5.15. The Kier molecular flexibility index (Phi) is 5.94. The van der Waals surface area contributed by atoms with Gasteiger partial charge in [-0.3, -0.25) is 9.59 Å². The van der Waals surface area contributed by atoms with Crippen LogP contribution in [0.3, 0.4) is 0 Å². The Morgan fingerprint density at radius 3 is 2.67 bits per heavy atom. The zero-order chi connectivity index (χ0) is 23.9. The minimum Gasteiger partial charge on any atom is -0.331 e. The summed E-state index contributed by atoms with van der Waals surface area (Å²) in [7, 11) is -3.97. The number of hydrogen-bond donors (Lipinski definition) is 1. The Labute approximate surface area is 193 Å². The van der Waals surface area contributed by atoms with Crippen LogP contribution in [0.2, 0.25) is 5.02 Å². The summed E-state index contributed by atoms with van der Waals surface area (Å²) in [5.74, 6) is -3.47. The molecule has 0 bridgehead atoms. The number of carbonyl (C=O) groups is 2. The van der Waals surface area contributed by atoms with Crippen LogP contribution in [-0.4, -0.2) is 30.9 Å². The number of hydrogen-bond acceptors (Lipinski definition) is 4. The highest BCUT2D eigenvalue weighted by Crippen LogP contribution is 2.36. The van der Waals surface area contributed by atoms with Crippen molar-refractivity contribution in [1.82, 2.24) is 9.29 Å². The van der Waals surface area contributed by atoms with Gasteiger partial charge in [-0.25, -0.2) is 21.9 Å². The number of halogens is 3. The average Bonchev–Trinajstić information content (AvgIpc) is 3.04. The van der Waals surface area contributed by atoms with Gasteiger partial charge < -0.3 is 4.57 Å². The van der Waals surface area contributed by atoms with Gasteiger partial charge in [-0.05, 0) is 24.3 Å². The lowest BCUT2D eigenvalue weighted by Crippen LogP contribution is -2.32. The number of Topliss-reactive ketones (excluding diaryl/α,β-unsaturated/α-hetero) is 1. The van der Waals surface area contributed by atoms with Crippen LogP contribution in [0, 0.1) is 11.6 Å². The van der Waals surface area contributed by atoms with E-state index in [1.807, 2.05) is 4.72 Å². The summed E-state index contributed by atoms with van der Waals surface area (Å²) in [6.45, 7) is -0.300. The van der Waals surface area contributed by atoms with E-state index < -0.39 is 27.6 Å². The van der Waals surface area contributed by atoms with Crippen molar-refractivity contribution in [1.29, 1.82) is 0 Å². The highest BCUT2D eigenvalue weighted by atomic mass is 35.5. The summed E-state index contributed by atoms with van der Waals surface area (Å²) in [5, 5.41) is 0.708. The van der Waals surface area contributed by atoms with Gasteiger partial charge in [-0.1, -0.05) is 42.0 Å². The van der Waals surface area contributed by atoms with E-state index in [0.717, 1.165) is 12.3 Å². The van der Waals surface area contributed by atoms with Gasteiger partial charge in [0.1, 0.15) is 5.69 Å². The Bertz CT molecular complexity index is 1490. The molecule has 0 saturated heterocycles. The van der Waals surface area contributed by atoms with Crippen molar-refractivity contribution < 1.29 is 26.8 Å². The second kappa shape index (κ2) is 8.57. The molecule has 6 nitrogen and oxygen atoms in total. The summed E-state index contributed by atoms with van der Waals surface area (Å²) in [4.78, 5) is 25.9. The predicted molar refractivity (Wildman–Crippen MR) is 121 cm³/mol. The summed E-state index contributed by atoms with van der Waals surface area (Å²) in [6.07, 6.45) is 5.72. The van der Waals surface area contributed by atoms with Gasteiger partial charge in [0.15, 0.2) is 17.4 Å². The molecule has 170 valence electrons. The van der Waals surface area contributed by atoms with E-state index in [1.54, 1.807) is 24.3 Å². The van der Waals surface area contributed by atoms with Crippen molar-refractivity contribution in [2.75, 3.05) is 6.26 Å². The largest absolute Gasteiger partial charge is 0.331 e. The topological polar surface area (TPSA) is 85.2 Å². The van der Waals surface area contributed by atoms with Gasteiger partial charge >= 0.3 is 0 Å². The first-order valence-corrected chi connectivity index (χ1v) is 12.0. The SMILES string of the molecule is CS(=O)(=O)NC(=O)c1c(C2=CC=CCC2=O)c2cc(Cl)ccc2n1Cc1cccc(F)c1F. The van der Waals surface area contributed by atoms with Crippen LogP contribution in [0.4, 0.5) is 8.78 Å². The second-order valence-electron chi connectivity index (χ2n) is 7.52. The Balaban J connectivity index is 2.07. The van der Waals surface area contributed by atoms with Crippen molar-refractivity contribution in [2.45, 2.75) is 13.0 Å². The Morgan fingerprint density at radius 2 is 1.97 bits per heavy atom. The molecule has 1 aliphatic rings. The van der Waals surface area contributed by atoms with Gasteiger partial charge in [0, 0.05) is 39.0 Å². The van der Waals surface area contributed by atoms with Crippen LogP contribution in [-0.2, 0) is 21.4 Å². The first-order valence-electron chi connectivity index (χ1n) is 9.74. The van der Waals surface area contributed by atoms with Crippen LogP contribution in [0.15, 0.2) is 54.6 Å². The van der Waals surface area contributed by atoms with Crippen molar-refractivity contribution >= 4 is 49.8 Å². The maximum atomic E-state index is 14.5. The van der Waals surface area contributed by atoms with Crippen LogP contribution < -0.4 is 4.72 Å². The van der Waals surface area contributed by atoms with Crippen LogP contribution >= 0.6 is 11.6 Å². The van der Waals surface area contributed by atoms with Crippen molar-refractivity contribution in [3.8, 4) is 0 Å². The zero-order valence-corrected chi connectivity index (χ0v) is 18.8. The highest BCUT2D eigenvalue weighted by Gasteiger charge is 2.30. The number of rotatable bonds is 5. The molecule has 0 saturated carbocycles. The fourth-order valence-electron chi connectivity index (χ4n) is 3.82. The van der Waals surface area contributed by atoms with E-state index in [2.05, 4.69) is 0 Å². The third kappa shape index (κ3) is 4.46. The number of nitrogens with one attached hydrogen (secondary N) is 1. The number of amides is 1. The summed E-state index contributed by atoms with van der Waals surface area (Å²) < 4.78 is 55.3. The maximum Gasteiger partial charge on any atom is 0.282 e. The number of benzene rings is 2. The number of aromatic nitrogens is 1. The predicted octanol–water partition coefficient (Wildman–Crippen LogP) is 4.22. The zero-order valence-electron chi connectivity index (χ0n) is 17.2. The molecule has 0 unspecified atom stereocenters. The van der Waals surface area contributed by atoms with Crippen LogP contribution in [0.5, 0.6) is 0 Å². The van der Waals surface area contributed by atoms with Gasteiger partial charge in [0.05, 0.1) is 12.8 Å². The van der Waals surface area contributed by atoms with Crippen molar-refractivity contribution in [3.63, 3.8) is 0 Å². The van der Waals surface area contributed by atoms with E-state index in [4.69, 9.17) is 11.6 Å². The first-order chi connectivity index (χ1) is 15.6. The lowest BCUT2D eigenvalue weighted by Gasteiger charge is -2.14. The number of nitrogens with zero attached hydrogens (tertiary/aromatic N) is 1. The minimum absolute atomic E-state index is 0.0642. The van der Waals surface area contributed by atoms with Crippen molar-refractivity contribution in [3.05, 3.63) is 88.1 Å². The molecule has 1 N–H and O–H groups in total. The number of allylic oxidation sites excluding steroid dienone is 4. The van der Waals surface area contributed by atoms with Gasteiger partial charge in [0.2, 0.25) is 10.0 Å². The van der Waals surface area contributed by atoms with E-state index in [9.17, 15) is 26.8 Å². The molecular formula is C23H17ClF2N2O4S. The molecule has 1 heterocycles. The monoisotopic (exact) mass is 490 g/mol. The van der Waals surface area contributed by atoms with E-state index in [1.165, 1.54) is 28.8 Å². The molecule has 0 atom stereocenters. The normalized spacial score (nSPS) is 13.9. The molecule has 33 heavy (non-hydrogen) atoms. The Morgan fingerprint density at radius 1 is 1.21 bits per heavy atom. The molecule has 1 aromatic heterocycles. The summed E-state index contributed by atoms with van der Waals surface area (Å²) in [6, 6.07) is 8.29. The molecule has 4 rings (SSSR count). The summed E-state index contributed by atoms with van der Waals surface area (Å²) in [5.41, 5.74) is 0.489. The fraction of sp³-hybridized carbons (Fsp3) is 0.130. The van der Waals surface area contributed by atoms with Gasteiger partial charge in [0.25, 0.3) is 5.91 Å². The molecule has 2 aromatic carbocycles. The lowest BCUT2D eigenvalue weighted by atomic mass is 9.93. The lowest BCUT2D eigenvalue weighted by molar-refractivity contribution is -0.113. The smallest absolute Gasteiger partial charge is 0.282 e. The number of carbonyl (C=O) groups excluding carboxylic acids is 2.